The molecular weight excluding hydrogens is 336 g/mol. The molecule has 0 saturated heterocycles. The maximum absolute atomic E-state index is 12.7. The molecule has 26 heavy (non-hydrogen) atoms. The Bertz CT molecular complexity index is 679. The van der Waals surface area contributed by atoms with Gasteiger partial charge in [0.15, 0.2) is 5.78 Å². The lowest BCUT2D eigenvalue weighted by Gasteiger charge is -2.22. The van der Waals surface area contributed by atoms with Gasteiger partial charge in [-0.2, -0.15) is 0 Å². The molecule has 0 spiro atoms. The Labute approximate surface area is 153 Å². The fourth-order valence-corrected chi connectivity index (χ4v) is 3.04. The van der Waals surface area contributed by atoms with Crippen LogP contribution in [0.25, 0.3) is 0 Å². The summed E-state index contributed by atoms with van der Waals surface area (Å²) in [6.45, 7) is 4.40. The smallest absolute Gasteiger partial charge is 0.342 e. The quantitative estimate of drug-likeness (QED) is 0.784. The fourth-order valence-electron chi connectivity index (χ4n) is 3.04. The minimum atomic E-state index is -0.697. The number of benzene rings is 1. The second kappa shape index (κ2) is 9.38. The van der Waals surface area contributed by atoms with Gasteiger partial charge in [-0.05, 0) is 37.5 Å². The molecular formula is C20H26O6. The van der Waals surface area contributed by atoms with Crippen LogP contribution in [0.1, 0.15) is 55.5 Å². The third kappa shape index (κ3) is 5.59. The van der Waals surface area contributed by atoms with Gasteiger partial charge in [0.05, 0.1) is 12.7 Å². The summed E-state index contributed by atoms with van der Waals surface area (Å²) >= 11 is 0. The summed E-state index contributed by atoms with van der Waals surface area (Å²) in [5.41, 5.74) is 0.176. The van der Waals surface area contributed by atoms with E-state index < -0.39 is 11.7 Å². The van der Waals surface area contributed by atoms with E-state index in [0.29, 0.717) is 25.9 Å². The van der Waals surface area contributed by atoms with Gasteiger partial charge in [-0.1, -0.05) is 19.4 Å². The first-order valence-corrected chi connectivity index (χ1v) is 8.97. The highest BCUT2D eigenvalue weighted by Crippen LogP contribution is 2.29. The average Bonchev–Trinajstić information content (AvgIpc) is 2.53. The number of allylic oxidation sites excluding steroid dienone is 1. The monoisotopic (exact) mass is 362 g/mol. The number of ether oxygens (including phenoxy) is 2. The predicted octanol–water partition coefficient (Wildman–Crippen LogP) is 3.29. The van der Waals surface area contributed by atoms with Crippen LogP contribution in [0.3, 0.4) is 0 Å². The molecule has 0 fully saturated rings. The molecule has 0 bridgehead atoms. The number of esters is 1. The first kappa shape index (κ1) is 20.0. The third-order valence-electron chi connectivity index (χ3n) is 4.22. The number of carbonyl (C=O) groups is 2. The molecule has 1 aliphatic rings. The van der Waals surface area contributed by atoms with Crippen molar-refractivity contribution in [3.63, 3.8) is 0 Å². The summed E-state index contributed by atoms with van der Waals surface area (Å²) in [4.78, 5) is 24.8. The van der Waals surface area contributed by atoms with Crippen molar-refractivity contribution in [1.82, 2.24) is 0 Å². The van der Waals surface area contributed by atoms with Gasteiger partial charge in [0.2, 0.25) is 0 Å². The van der Waals surface area contributed by atoms with Crippen LogP contribution in [0.4, 0.5) is 0 Å². The van der Waals surface area contributed by atoms with Crippen molar-refractivity contribution < 1.29 is 29.3 Å². The van der Waals surface area contributed by atoms with E-state index in [1.54, 1.807) is 6.08 Å². The van der Waals surface area contributed by atoms with Crippen LogP contribution in [0.2, 0.25) is 0 Å². The predicted molar refractivity (Wildman–Crippen MR) is 96.4 cm³/mol. The number of ketones is 1. The zero-order valence-corrected chi connectivity index (χ0v) is 15.2. The van der Waals surface area contributed by atoms with Crippen LogP contribution in [0.5, 0.6) is 11.5 Å². The largest absolute Gasteiger partial charge is 0.508 e. The number of hydrogen-bond donors (Lipinski definition) is 2. The zero-order valence-electron chi connectivity index (χ0n) is 15.2. The van der Waals surface area contributed by atoms with E-state index in [-0.39, 0.29) is 41.3 Å². The number of carbonyl (C=O) groups excluding carboxylic acids is 2. The summed E-state index contributed by atoms with van der Waals surface area (Å²) in [7, 11) is 0. The minimum absolute atomic E-state index is 0.0729. The molecule has 1 aliphatic heterocycles. The van der Waals surface area contributed by atoms with Crippen molar-refractivity contribution in [3.05, 3.63) is 35.4 Å². The third-order valence-corrected chi connectivity index (χ3v) is 4.22. The van der Waals surface area contributed by atoms with Gasteiger partial charge in [-0.15, -0.1) is 0 Å². The Morgan fingerprint density at radius 2 is 2.00 bits per heavy atom. The second-order valence-electron chi connectivity index (χ2n) is 6.57. The SMILES string of the molecule is CCC[C@@H]1C[C@@H](C)OCC/C=C/C(=O)Cc2cc(O)cc(O)c2C(=O)O1. The van der Waals surface area contributed by atoms with Gasteiger partial charge >= 0.3 is 5.97 Å². The standard InChI is InChI=1S/C20H26O6/c1-3-6-17-9-13(2)25-8-5-4-7-15(21)10-14-11-16(22)12-18(23)19(14)20(24)26-17/h4,7,11-13,17,22-23H,3,5-6,8-10H2,1-2H3/b7-4+/t13-,17-/m1/s1. The number of rotatable bonds is 2. The summed E-state index contributed by atoms with van der Waals surface area (Å²) in [6, 6.07) is 2.39. The van der Waals surface area contributed by atoms with Gasteiger partial charge in [-0.3, -0.25) is 4.79 Å². The molecule has 0 saturated carbocycles. The highest BCUT2D eigenvalue weighted by atomic mass is 16.5. The van der Waals surface area contributed by atoms with E-state index in [2.05, 4.69) is 0 Å². The van der Waals surface area contributed by atoms with Gasteiger partial charge in [0.1, 0.15) is 23.2 Å². The van der Waals surface area contributed by atoms with Crippen LogP contribution in [0, 0.1) is 0 Å². The van der Waals surface area contributed by atoms with E-state index in [1.165, 1.54) is 12.1 Å². The lowest BCUT2D eigenvalue weighted by Crippen LogP contribution is -2.25. The fraction of sp³-hybridized carbons (Fsp3) is 0.500. The molecule has 6 nitrogen and oxygen atoms in total. The summed E-state index contributed by atoms with van der Waals surface area (Å²) < 4.78 is 11.3. The lowest BCUT2D eigenvalue weighted by atomic mass is 10.00. The van der Waals surface area contributed by atoms with Crippen molar-refractivity contribution >= 4 is 11.8 Å². The van der Waals surface area contributed by atoms with Gasteiger partial charge in [-0.25, -0.2) is 4.79 Å². The Balaban J connectivity index is 2.39. The highest BCUT2D eigenvalue weighted by molar-refractivity contribution is 5.98. The molecule has 0 aromatic heterocycles. The van der Waals surface area contributed by atoms with E-state index >= 15 is 0 Å². The van der Waals surface area contributed by atoms with Crippen molar-refractivity contribution in [1.29, 1.82) is 0 Å². The first-order valence-electron chi connectivity index (χ1n) is 8.97. The Kier molecular flexibility index (Phi) is 7.21. The van der Waals surface area contributed by atoms with Crippen LogP contribution < -0.4 is 0 Å². The van der Waals surface area contributed by atoms with Crippen LogP contribution >= 0.6 is 0 Å². The molecule has 142 valence electrons. The Morgan fingerprint density at radius 1 is 1.23 bits per heavy atom. The van der Waals surface area contributed by atoms with Crippen molar-refractivity contribution in [3.8, 4) is 11.5 Å². The number of fused-ring (bicyclic) bond motifs is 1. The molecule has 0 amide bonds. The van der Waals surface area contributed by atoms with E-state index in [0.717, 1.165) is 12.5 Å². The summed E-state index contributed by atoms with van der Waals surface area (Å²) in [5.74, 6) is -1.54. The van der Waals surface area contributed by atoms with E-state index in [1.807, 2.05) is 13.8 Å². The van der Waals surface area contributed by atoms with Crippen molar-refractivity contribution in [2.75, 3.05) is 6.61 Å². The minimum Gasteiger partial charge on any atom is -0.508 e. The molecule has 0 radical (unpaired) electrons. The van der Waals surface area contributed by atoms with Gasteiger partial charge < -0.3 is 19.7 Å². The molecule has 2 rings (SSSR count). The lowest BCUT2D eigenvalue weighted by molar-refractivity contribution is -0.114. The number of aromatic hydroxyl groups is 2. The molecule has 0 unspecified atom stereocenters. The van der Waals surface area contributed by atoms with Gasteiger partial charge in [0, 0.05) is 18.9 Å². The first-order chi connectivity index (χ1) is 12.4. The molecule has 1 heterocycles. The van der Waals surface area contributed by atoms with E-state index in [9.17, 15) is 19.8 Å². The van der Waals surface area contributed by atoms with Crippen LogP contribution in [-0.4, -0.2) is 40.8 Å². The highest BCUT2D eigenvalue weighted by Gasteiger charge is 2.25. The Hall–Kier alpha value is -2.34. The molecule has 2 atom stereocenters. The normalized spacial score (nSPS) is 23.6. The van der Waals surface area contributed by atoms with Crippen molar-refractivity contribution in [2.45, 2.75) is 58.2 Å². The molecule has 2 N–H and O–H groups in total. The number of phenolic OH excluding ortho intramolecular Hbond substituents is 2. The number of phenols is 2. The molecule has 0 aliphatic carbocycles. The molecule has 1 aromatic rings. The second-order valence-corrected chi connectivity index (χ2v) is 6.57. The topological polar surface area (TPSA) is 93.1 Å². The maximum Gasteiger partial charge on any atom is 0.342 e. The molecule has 6 heteroatoms. The van der Waals surface area contributed by atoms with Crippen LogP contribution in [0.15, 0.2) is 24.3 Å². The van der Waals surface area contributed by atoms with Crippen LogP contribution in [-0.2, 0) is 20.7 Å². The number of cyclic esters (lactones) is 1. The molecule has 1 aromatic carbocycles. The van der Waals surface area contributed by atoms with Crippen molar-refractivity contribution in [2.24, 2.45) is 0 Å². The summed E-state index contributed by atoms with van der Waals surface area (Å²) in [5, 5.41) is 19.9. The maximum atomic E-state index is 12.7. The van der Waals surface area contributed by atoms with E-state index in [4.69, 9.17) is 9.47 Å². The average molecular weight is 362 g/mol. The summed E-state index contributed by atoms with van der Waals surface area (Å²) in [6.07, 6.45) is 5.26. The Morgan fingerprint density at radius 3 is 2.73 bits per heavy atom. The van der Waals surface area contributed by atoms with Gasteiger partial charge in [0.25, 0.3) is 0 Å². The zero-order chi connectivity index (χ0) is 19.1. The number of hydrogen-bond acceptors (Lipinski definition) is 6.